The first-order valence-corrected chi connectivity index (χ1v) is 9.20. The summed E-state index contributed by atoms with van der Waals surface area (Å²) in [6, 6.07) is 11.1. The molecule has 0 amide bonds. The Morgan fingerprint density at radius 1 is 1.28 bits per heavy atom. The van der Waals surface area contributed by atoms with E-state index in [9.17, 15) is 5.11 Å². The molecule has 1 N–H and O–H groups in total. The summed E-state index contributed by atoms with van der Waals surface area (Å²) in [5.74, 6) is 0. The minimum absolute atomic E-state index is 0.255. The molecule has 4 nitrogen and oxygen atoms in total. The monoisotopic (exact) mass is 339 g/mol. The molecule has 1 aromatic carbocycles. The molecular weight excluding hydrogens is 310 g/mol. The van der Waals surface area contributed by atoms with Crippen LogP contribution in [0.2, 0.25) is 0 Å². The van der Waals surface area contributed by atoms with Crippen LogP contribution in [0.1, 0.15) is 25.8 Å². The minimum atomic E-state index is 0.255. The molecule has 1 fully saturated rings. The Morgan fingerprint density at radius 2 is 2.16 bits per heavy atom. The number of aromatic nitrogens is 1. The summed E-state index contributed by atoms with van der Waals surface area (Å²) >= 11 is 0. The second-order valence-corrected chi connectivity index (χ2v) is 7.21. The lowest BCUT2D eigenvalue weighted by molar-refractivity contribution is 0.0637. The summed E-state index contributed by atoms with van der Waals surface area (Å²) < 4.78 is 0. The highest BCUT2D eigenvalue weighted by atomic mass is 16.3. The molecule has 2 heterocycles. The van der Waals surface area contributed by atoms with Gasteiger partial charge in [0, 0.05) is 57.0 Å². The van der Waals surface area contributed by atoms with E-state index in [1.807, 2.05) is 12.3 Å². The Hall–Kier alpha value is -1.75. The number of piperazine rings is 1. The molecule has 0 aliphatic carbocycles. The maximum absolute atomic E-state index is 9.44. The van der Waals surface area contributed by atoms with Gasteiger partial charge in [0.2, 0.25) is 0 Å². The first kappa shape index (κ1) is 18.1. The van der Waals surface area contributed by atoms with E-state index in [0.717, 1.165) is 44.7 Å². The average molecular weight is 339 g/mol. The second kappa shape index (κ2) is 8.56. The van der Waals surface area contributed by atoms with E-state index >= 15 is 0 Å². The predicted molar refractivity (Wildman–Crippen MR) is 104 cm³/mol. The third-order valence-corrected chi connectivity index (χ3v) is 4.96. The van der Waals surface area contributed by atoms with E-state index in [-0.39, 0.29) is 6.61 Å². The fraction of sp³-hybridized carbons (Fsp3) is 0.476. The molecule has 134 valence electrons. The van der Waals surface area contributed by atoms with Gasteiger partial charge in [-0.05, 0) is 44.0 Å². The molecule has 0 bridgehead atoms. The van der Waals surface area contributed by atoms with Gasteiger partial charge < -0.3 is 5.11 Å². The summed E-state index contributed by atoms with van der Waals surface area (Å²) in [5, 5.41) is 10.6. The molecule has 1 aliphatic rings. The highest BCUT2D eigenvalue weighted by molar-refractivity contribution is 5.78. The van der Waals surface area contributed by atoms with E-state index in [2.05, 4.69) is 59.0 Å². The minimum Gasteiger partial charge on any atom is -0.396 e. The zero-order valence-corrected chi connectivity index (χ0v) is 15.4. The molecule has 25 heavy (non-hydrogen) atoms. The zero-order chi connectivity index (χ0) is 17.6. The summed E-state index contributed by atoms with van der Waals surface area (Å²) in [4.78, 5) is 9.41. The zero-order valence-electron chi connectivity index (χ0n) is 15.4. The van der Waals surface area contributed by atoms with Gasteiger partial charge in [0.25, 0.3) is 0 Å². The third-order valence-electron chi connectivity index (χ3n) is 4.96. The van der Waals surface area contributed by atoms with Crippen molar-refractivity contribution in [3.63, 3.8) is 0 Å². The third kappa shape index (κ3) is 4.88. The summed E-state index contributed by atoms with van der Waals surface area (Å²) in [6.45, 7) is 9.64. The Morgan fingerprint density at radius 3 is 2.96 bits per heavy atom. The number of hydrogen-bond donors (Lipinski definition) is 1. The number of pyridine rings is 1. The Balaban J connectivity index is 1.65. The van der Waals surface area contributed by atoms with Crippen LogP contribution in [0.3, 0.4) is 0 Å². The molecular formula is C21H29N3O. The van der Waals surface area contributed by atoms with Crippen LogP contribution < -0.4 is 0 Å². The number of hydrogen-bond acceptors (Lipinski definition) is 4. The Kier molecular flexibility index (Phi) is 6.19. The number of aliphatic hydroxyl groups is 1. The highest BCUT2D eigenvalue weighted by Crippen LogP contribution is 2.18. The predicted octanol–water partition coefficient (Wildman–Crippen LogP) is 3.07. The van der Waals surface area contributed by atoms with Crippen LogP contribution in [-0.4, -0.2) is 58.7 Å². The van der Waals surface area contributed by atoms with Crippen molar-refractivity contribution >= 4 is 10.9 Å². The largest absolute Gasteiger partial charge is 0.396 e. The quantitative estimate of drug-likeness (QED) is 0.821. The van der Waals surface area contributed by atoms with E-state index in [1.165, 1.54) is 16.5 Å². The van der Waals surface area contributed by atoms with Crippen LogP contribution in [0.4, 0.5) is 0 Å². The van der Waals surface area contributed by atoms with E-state index < -0.39 is 0 Å². The molecule has 1 atom stereocenters. The van der Waals surface area contributed by atoms with Crippen LogP contribution >= 0.6 is 0 Å². The SMILES string of the molecule is CC(C)=CCN1CCN(Cc2ccc3ncccc3c2)C[C@@H]1CCO. The van der Waals surface area contributed by atoms with Crippen LogP contribution in [-0.2, 0) is 6.54 Å². The maximum atomic E-state index is 9.44. The number of allylic oxidation sites excluding steroid dienone is 1. The first-order valence-electron chi connectivity index (χ1n) is 9.20. The van der Waals surface area contributed by atoms with Crippen LogP contribution in [0.5, 0.6) is 0 Å². The first-order chi connectivity index (χ1) is 12.2. The molecule has 1 aromatic heterocycles. The van der Waals surface area contributed by atoms with Gasteiger partial charge in [-0.15, -0.1) is 0 Å². The summed E-state index contributed by atoms with van der Waals surface area (Å²) in [5.41, 5.74) is 3.74. The number of aliphatic hydroxyl groups excluding tert-OH is 1. The lowest BCUT2D eigenvalue weighted by Crippen LogP contribution is -2.53. The molecule has 2 aromatic rings. The van der Waals surface area contributed by atoms with E-state index in [4.69, 9.17) is 0 Å². The molecule has 4 heteroatoms. The van der Waals surface area contributed by atoms with Crippen molar-refractivity contribution in [2.75, 3.05) is 32.8 Å². The summed E-state index contributed by atoms with van der Waals surface area (Å²) in [6.07, 6.45) is 4.97. The Bertz CT molecular complexity index is 724. The Labute approximate surface area is 150 Å². The lowest BCUT2D eigenvalue weighted by atomic mass is 10.1. The molecule has 1 saturated heterocycles. The molecule has 0 saturated carbocycles. The van der Waals surface area contributed by atoms with Gasteiger partial charge in [0.15, 0.2) is 0 Å². The van der Waals surface area contributed by atoms with Crippen molar-refractivity contribution in [3.8, 4) is 0 Å². The average Bonchev–Trinajstić information content (AvgIpc) is 2.61. The molecule has 1 aliphatic heterocycles. The number of fused-ring (bicyclic) bond motifs is 1. The number of benzene rings is 1. The van der Waals surface area contributed by atoms with Gasteiger partial charge in [-0.2, -0.15) is 0 Å². The molecule has 3 rings (SSSR count). The van der Waals surface area contributed by atoms with Crippen molar-refractivity contribution in [2.45, 2.75) is 32.9 Å². The van der Waals surface area contributed by atoms with E-state index in [0.29, 0.717) is 6.04 Å². The summed E-state index contributed by atoms with van der Waals surface area (Å²) in [7, 11) is 0. The smallest absolute Gasteiger partial charge is 0.0702 e. The van der Waals surface area contributed by atoms with Crippen LogP contribution in [0, 0.1) is 0 Å². The van der Waals surface area contributed by atoms with E-state index in [1.54, 1.807) is 0 Å². The molecule has 0 unspecified atom stereocenters. The van der Waals surface area contributed by atoms with Gasteiger partial charge in [-0.1, -0.05) is 23.8 Å². The standard InChI is InChI=1S/C21H29N3O/c1-17(2)7-10-24-12-11-23(16-20(24)8-13-25)15-18-5-6-21-19(14-18)4-3-9-22-21/h3-7,9,14,20,25H,8,10-13,15-16H2,1-2H3/t20-/m0/s1. The fourth-order valence-corrected chi connectivity index (χ4v) is 3.55. The van der Waals surface area contributed by atoms with Gasteiger partial charge in [0.05, 0.1) is 5.52 Å². The van der Waals surface area contributed by atoms with Crippen molar-refractivity contribution in [1.29, 1.82) is 0 Å². The fourth-order valence-electron chi connectivity index (χ4n) is 3.55. The van der Waals surface area contributed by atoms with Gasteiger partial charge >= 0.3 is 0 Å². The second-order valence-electron chi connectivity index (χ2n) is 7.21. The van der Waals surface area contributed by atoms with Crippen LogP contribution in [0.25, 0.3) is 10.9 Å². The molecule has 0 radical (unpaired) electrons. The van der Waals surface area contributed by atoms with Gasteiger partial charge in [0.1, 0.15) is 0 Å². The van der Waals surface area contributed by atoms with Crippen molar-refractivity contribution < 1.29 is 5.11 Å². The normalized spacial score (nSPS) is 19.2. The maximum Gasteiger partial charge on any atom is 0.0702 e. The molecule has 0 spiro atoms. The number of nitrogens with zero attached hydrogens (tertiary/aromatic N) is 3. The van der Waals surface area contributed by atoms with Crippen molar-refractivity contribution in [2.24, 2.45) is 0 Å². The number of rotatable bonds is 6. The van der Waals surface area contributed by atoms with Crippen molar-refractivity contribution in [1.82, 2.24) is 14.8 Å². The van der Waals surface area contributed by atoms with Crippen molar-refractivity contribution in [3.05, 3.63) is 53.7 Å². The van der Waals surface area contributed by atoms with Gasteiger partial charge in [-0.3, -0.25) is 14.8 Å². The van der Waals surface area contributed by atoms with Gasteiger partial charge in [-0.25, -0.2) is 0 Å². The van der Waals surface area contributed by atoms with Crippen LogP contribution in [0.15, 0.2) is 48.2 Å². The lowest BCUT2D eigenvalue weighted by Gasteiger charge is -2.41. The topological polar surface area (TPSA) is 39.6 Å². The highest BCUT2D eigenvalue weighted by Gasteiger charge is 2.25.